The maximum atomic E-state index is 11.4. The van der Waals surface area contributed by atoms with Gasteiger partial charge in [-0.1, -0.05) is 23.8 Å². The van der Waals surface area contributed by atoms with Crippen molar-refractivity contribution in [1.29, 1.82) is 0 Å². The van der Waals surface area contributed by atoms with Crippen LogP contribution in [0.3, 0.4) is 0 Å². The molecule has 0 aromatic heterocycles. The molecule has 0 heterocycles. The molecule has 1 aromatic carbocycles. The summed E-state index contributed by atoms with van der Waals surface area (Å²) in [5.74, 6) is 0. The lowest BCUT2D eigenvalue weighted by Crippen LogP contribution is -2.12. The summed E-state index contributed by atoms with van der Waals surface area (Å²) < 4.78 is 0. The summed E-state index contributed by atoms with van der Waals surface area (Å²) in [6.45, 7) is 4.10. The standard InChI is InChI=1S/C16H19NO/c1-11-5-6-13(9-11)14-7-8-16(17(3)4)12(2)15(14)10-18/h5,7-10H,6H2,1-4H3. The van der Waals surface area contributed by atoms with E-state index in [4.69, 9.17) is 0 Å². The third-order valence-electron chi connectivity index (χ3n) is 3.48. The normalized spacial score (nSPS) is 14.2. The van der Waals surface area contributed by atoms with E-state index in [0.29, 0.717) is 0 Å². The zero-order valence-corrected chi connectivity index (χ0v) is 11.4. The van der Waals surface area contributed by atoms with Crippen LogP contribution < -0.4 is 4.90 Å². The first-order chi connectivity index (χ1) is 8.54. The van der Waals surface area contributed by atoms with Crippen molar-refractivity contribution >= 4 is 17.5 Å². The molecule has 0 spiro atoms. The Kier molecular flexibility index (Phi) is 3.37. The molecule has 0 fully saturated rings. The first kappa shape index (κ1) is 12.6. The third kappa shape index (κ3) is 2.10. The van der Waals surface area contributed by atoms with Gasteiger partial charge in [0.1, 0.15) is 0 Å². The van der Waals surface area contributed by atoms with Crippen molar-refractivity contribution in [3.8, 4) is 0 Å². The number of benzene rings is 1. The van der Waals surface area contributed by atoms with E-state index >= 15 is 0 Å². The van der Waals surface area contributed by atoms with Gasteiger partial charge in [-0.15, -0.1) is 0 Å². The van der Waals surface area contributed by atoms with Gasteiger partial charge in [-0.25, -0.2) is 0 Å². The van der Waals surface area contributed by atoms with Crippen LogP contribution in [0.25, 0.3) is 5.57 Å². The second-order valence-electron chi connectivity index (χ2n) is 5.01. The van der Waals surface area contributed by atoms with E-state index < -0.39 is 0 Å². The number of allylic oxidation sites excluding steroid dienone is 4. The molecule has 0 aliphatic heterocycles. The zero-order valence-electron chi connectivity index (χ0n) is 11.4. The van der Waals surface area contributed by atoms with Crippen LogP contribution in [0.1, 0.15) is 34.8 Å². The first-order valence-corrected chi connectivity index (χ1v) is 6.18. The molecule has 2 heteroatoms. The summed E-state index contributed by atoms with van der Waals surface area (Å²) in [5, 5.41) is 0. The lowest BCUT2D eigenvalue weighted by Gasteiger charge is -2.19. The number of carbonyl (C=O) groups is 1. The Morgan fingerprint density at radius 1 is 1.22 bits per heavy atom. The molecule has 0 saturated heterocycles. The largest absolute Gasteiger partial charge is 0.377 e. The molecule has 0 unspecified atom stereocenters. The summed E-state index contributed by atoms with van der Waals surface area (Å²) in [5.41, 5.74) is 6.55. The molecule has 1 aliphatic rings. The summed E-state index contributed by atoms with van der Waals surface area (Å²) in [6, 6.07) is 4.15. The Hall–Kier alpha value is -1.83. The van der Waals surface area contributed by atoms with Gasteiger partial charge < -0.3 is 4.90 Å². The maximum absolute atomic E-state index is 11.4. The van der Waals surface area contributed by atoms with Crippen molar-refractivity contribution in [1.82, 2.24) is 0 Å². The van der Waals surface area contributed by atoms with Crippen LogP contribution in [0.15, 0.2) is 29.9 Å². The van der Waals surface area contributed by atoms with Crippen LogP contribution in [0, 0.1) is 6.92 Å². The molecule has 2 nitrogen and oxygen atoms in total. The van der Waals surface area contributed by atoms with Gasteiger partial charge in [-0.05, 0) is 43.0 Å². The number of nitrogens with zero attached hydrogens (tertiary/aromatic N) is 1. The minimum atomic E-state index is 0.815. The second kappa shape index (κ2) is 4.81. The van der Waals surface area contributed by atoms with E-state index in [1.165, 1.54) is 11.1 Å². The van der Waals surface area contributed by atoms with E-state index in [1.807, 2.05) is 25.9 Å². The van der Waals surface area contributed by atoms with Gasteiger partial charge in [0.25, 0.3) is 0 Å². The van der Waals surface area contributed by atoms with E-state index in [9.17, 15) is 4.79 Å². The molecule has 1 aliphatic carbocycles. The van der Waals surface area contributed by atoms with Gasteiger partial charge in [0.2, 0.25) is 0 Å². The Bertz CT molecular complexity index is 550. The van der Waals surface area contributed by atoms with E-state index in [1.54, 1.807) is 0 Å². The Labute approximate surface area is 109 Å². The highest BCUT2D eigenvalue weighted by atomic mass is 16.1. The quantitative estimate of drug-likeness (QED) is 0.753. The fourth-order valence-corrected chi connectivity index (χ4v) is 2.48. The Morgan fingerprint density at radius 3 is 2.44 bits per heavy atom. The predicted octanol–water partition coefficient (Wildman–Crippen LogP) is 3.61. The lowest BCUT2D eigenvalue weighted by molar-refractivity contribution is 0.112. The summed E-state index contributed by atoms with van der Waals surface area (Å²) in [6.07, 6.45) is 6.26. The topological polar surface area (TPSA) is 20.3 Å². The van der Waals surface area contributed by atoms with E-state index in [2.05, 4.69) is 31.2 Å². The van der Waals surface area contributed by atoms with Crippen LogP contribution in [0.5, 0.6) is 0 Å². The van der Waals surface area contributed by atoms with E-state index in [0.717, 1.165) is 35.1 Å². The summed E-state index contributed by atoms with van der Waals surface area (Å²) >= 11 is 0. The van der Waals surface area contributed by atoms with E-state index in [-0.39, 0.29) is 0 Å². The first-order valence-electron chi connectivity index (χ1n) is 6.18. The Morgan fingerprint density at radius 2 is 1.94 bits per heavy atom. The third-order valence-corrected chi connectivity index (χ3v) is 3.48. The zero-order chi connectivity index (χ0) is 13.3. The number of carbonyl (C=O) groups excluding carboxylic acids is 1. The van der Waals surface area contributed by atoms with Crippen LogP contribution in [-0.2, 0) is 0 Å². The number of anilines is 1. The van der Waals surface area contributed by atoms with Gasteiger partial charge in [-0.3, -0.25) is 4.79 Å². The molecule has 0 radical (unpaired) electrons. The monoisotopic (exact) mass is 241 g/mol. The van der Waals surface area contributed by atoms with Crippen molar-refractivity contribution < 1.29 is 4.79 Å². The fourth-order valence-electron chi connectivity index (χ4n) is 2.48. The van der Waals surface area contributed by atoms with Crippen LogP contribution in [0.4, 0.5) is 5.69 Å². The van der Waals surface area contributed by atoms with Gasteiger partial charge in [0.05, 0.1) is 0 Å². The number of rotatable bonds is 3. The van der Waals surface area contributed by atoms with Gasteiger partial charge >= 0.3 is 0 Å². The van der Waals surface area contributed by atoms with Gasteiger partial charge in [0.15, 0.2) is 6.29 Å². The maximum Gasteiger partial charge on any atom is 0.151 e. The molecule has 0 amide bonds. The molecule has 94 valence electrons. The smallest absolute Gasteiger partial charge is 0.151 e. The van der Waals surface area contributed by atoms with Crippen molar-refractivity contribution in [3.05, 3.63) is 46.5 Å². The molecular weight excluding hydrogens is 222 g/mol. The second-order valence-corrected chi connectivity index (χ2v) is 5.01. The van der Waals surface area contributed by atoms with Crippen LogP contribution >= 0.6 is 0 Å². The van der Waals surface area contributed by atoms with Crippen molar-refractivity contribution in [3.63, 3.8) is 0 Å². The summed E-state index contributed by atoms with van der Waals surface area (Å²) in [7, 11) is 3.99. The number of aldehydes is 1. The SMILES string of the molecule is CC1=CCC(c2ccc(N(C)C)c(C)c2C=O)=C1. The number of hydrogen-bond donors (Lipinski definition) is 0. The molecule has 18 heavy (non-hydrogen) atoms. The van der Waals surface area contributed by atoms with Gasteiger partial charge in [0, 0.05) is 25.3 Å². The summed E-state index contributed by atoms with van der Waals surface area (Å²) in [4.78, 5) is 13.4. The molecule has 0 bridgehead atoms. The van der Waals surface area contributed by atoms with Gasteiger partial charge in [-0.2, -0.15) is 0 Å². The van der Waals surface area contributed by atoms with Crippen LogP contribution in [-0.4, -0.2) is 20.4 Å². The van der Waals surface area contributed by atoms with Crippen molar-refractivity contribution in [2.75, 3.05) is 19.0 Å². The molecule has 0 saturated carbocycles. The lowest BCUT2D eigenvalue weighted by atomic mass is 9.94. The average molecular weight is 241 g/mol. The van der Waals surface area contributed by atoms with Crippen LogP contribution in [0.2, 0.25) is 0 Å². The molecular formula is C16H19NO. The minimum Gasteiger partial charge on any atom is -0.377 e. The van der Waals surface area contributed by atoms with Crippen molar-refractivity contribution in [2.24, 2.45) is 0 Å². The number of hydrogen-bond acceptors (Lipinski definition) is 2. The van der Waals surface area contributed by atoms with Crippen molar-refractivity contribution in [2.45, 2.75) is 20.3 Å². The fraction of sp³-hybridized carbons (Fsp3) is 0.312. The molecule has 0 atom stereocenters. The molecule has 0 N–H and O–H groups in total. The highest BCUT2D eigenvalue weighted by Gasteiger charge is 2.15. The Balaban J connectivity index is 2.54. The highest BCUT2D eigenvalue weighted by molar-refractivity contribution is 5.91. The minimum absolute atomic E-state index is 0.815. The predicted molar refractivity (Wildman–Crippen MR) is 77.2 cm³/mol. The molecule has 1 aromatic rings. The molecule has 2 rings (SSSR count). The highest BCUT2D eigenvalue weighted by Crippen LogP contribution is 2.33. The average Bonchev–Trinajstić information content (AvgIpc) is 2.74.